The molecule has 142 valence electrons. The molecule has 0 bridgehead atoms. The van der Waals surface area contributed by atoms with Crippen LogP contribution in [0.15, 0.2) is 55.0 Å². The second kappa shape index (κ2) is 6.83. The second-order valence-electron chi connectivity index (χ2n) is 6.91. The number of hydrogen-bond acceptors (Lipinski definition) is 8. The maximum atomic E-state index is 8.91. The maximum Gasteiger partial charge on any atom is 0.187 e. The summed E-state index contributed by atoms with van der Waals surface area (Å²) in [5.41, 5.74) is 2.13. The summed E-state index contributed by atoms with van der Waals surface area (Å²) in [4.78, 5) is 12.9. The summed E-state index contributed by atoms with van der Waals surface area (Å²) in [5, 5.41) is 22.1. The Hall–Kier alpha value is -4.06. The Bertz CT molecular complexity index is 1190. The van der Waals surface area contributed by atoms with E-state index in [-0.39, 0.29) is 0 Å². The Balaban J connectivity index is 1.34. The largest absolute Gasteiger partial charge is 0.353 e. The van der Waals surface area contributed by atoms with Gasteiger partial charge >= 0.3 is 0 Å². The number of nitriles is 1. The fraction of sp³-hybridized carbons (Fsp3) is 0.200. The molecule has 5 heterocycles. The van der Waals surface area contributed by atoms with Crippen molar-refractivity contribution in [3.8, 4) is 17.5 Å². The summed E-state index contributed by atoms with van der Waals surface area (Å²) in [6.45, 7) is 1.67. The van der Waals surface area contributed by atoms with E-state index >= 15 is 0 Å². The summed E-state index contributed by atoms with van der Waals surface area (Å²) in [7, 11) is 2.02. The molecule has 0 aliphatic carbocycles. The van der Waals surface area contributed by atoms with Gasteiger partial charge < -0.3 is 9.80 Å². The number of hydrogen-bond donors (Lipinski definition) is 0. The highest BCUT2D eigenvalue weighted by Crippen LogP contribution is 2.25. The average molecular weight is 383 g/mol. The average Bonchev–Trinajstić information content (AvgIpc) is 3.17. The highest BCUT2D eigenvalue weighted by atomic mass is 15.4. The Morgan fingerprint density at radius 1 is 1.10 bits per heavy atom. The van der Waals surface area contributed by atoms with Crippen molar-refractivity contribution in [3.05, 3.63) is 60.6 Å². The molecule has 0 aromatic carbocycles. The zero-order valence-electron chi connectivity index (χ0n) is 15.7. The second-order valence-corrected chi connectivity index (χ2v) is 6.91. The first-order valence-corrected chi connectivity index (χ1v) is 9.20. The monoisotopic (exact) mass is 383 g/mol. The summed E-state index contributed by atoms with van der Waals surface area (Å²) < 4.78 is 1.76. The normalized spacial score (nSPS) is 13.9. The first-order valence-electron chi connectivity index (χ1n) is 9.20. The number of anilines is 2. The quantitative estimate of drug-likeness (QED) is 0.526. The lowest BCUT2D eigenvalue weighted by molar-refractivity contribution is 0.487. The van der Waals surface area contributed by atoms with Crippen molar-refractivity contribution in [1.82, 2.24) is 29.8 Å². The van der Waals surface area contributed by atoms with Crippen molar-refractivity contribution in [2.75, 3.05) is 29.9 Å². The fourth-order valence-electron chi connectivity index (χ4n) is 3.36. The highest BCUT2D eigenvalue weighted by molar-refractivity contribution is 5.59. The van der Waals surface area contributed by atoms with E-state index < -0.39 is 0 Å². The van der Waals surface area contributed by atoms with Crippen molar-refractivity contribution in [3.63, 3.8) is 0 Å². The minimum absolute atomic E-state index is 0.326. The topological polar surface area (TPSA) is 99.1 Å². The van der Waals surface area contributed by atoms with E-state index in [1.54, 1.807) is 29.2 Å². The summed E-state index contributed by atoms with van der Waals surface area (Å²) in [6.07, 6.45) is 5.08. The maximum absolute atomic E-state index is 8.91. The molecule has 0 amide bonds. The number of likely N-dealkylation sites (N-methyl/N-ethyl adjacent to an activating group) is 1. The van der Waals surface area contributed by atoms with Gasteiger partial charge in [-0.15, -0.1) is 15.3 Å². The Morgan fingerprint density at radius 3 is 2.72 bits per heavy atom. The van der Waals surface area contributed by atoms with Crippen LogP contribution in [0.5, 0.6) is 0 Å². The predicted octanol–water partition coefficient (Wildman–Crippen LogP) is 1.78. The van der Waals surface area contributed by atoms with Gasteiger partial charge in [-0.3, -0.25) is 4.98 Å². The van der Waals surface area contributed by atoms with E-state index in [9.17, 15) is 0 Å². The van der Waals surface area contributed by atoms with Crippen LogP contribution in [0, 0.1) is 11.3 Å². The third-order valence-corrected chi connectivity index (χ3v) is 5.14. The van der Waals surface area contributed by atoms with Crippen molar-refractivity contribution in [1.29, 1.82) is 5.26 Å². The molecule has 1 aliphatic rings. The van der Waals surface area contributed by atoms with Crippen LogP contribution in [-0.2, 0) is 0 Å². The number of rotatable bonds is 4. The van der Waals surface area contributed by atoms with E-state index in [1.165, 1.54) is 0 Å². The third kappa shape index (κ3) is 3.00. The zero-order valence-corrected chi connectivity index (χ0v) is 15.7. The number of fused-ring (bicyclic) bond motifs is 1. The van der Waals surface area contributed by atoms with Gasteiger partial charge in [0, 0.05) is 44.3 Å². The molecule has 5 rings (SSSR count). The lowest BCUT2D eigenvalue weighted by Gasteiger charge is -2.44. The zero-order chi connectivity index (χ0) is 19.8. The first-order chi connectivity index (χ1) is 14.2. The van der Waals surface area contributed by atoms with E-state index in [0.717, 1.165) is 30.3 Å². The van der Waals surface area contributed by atoms with Crippen molar-refractivity contribution in [2.24, 2.45) is 0 Å². The molecule has 0 radical (unpaired) electrons. The molecule has 29 heavy (non-hydrogen) atoms. The lowest BCUT2D eigenvalue weighted by atomic mass is 10.1. The number of aromatic nitrogens is 6. The number of pyridine rings is 2. The minimum atomic E-state index is 0.326. The van der Waals surface area contributed by atoms with Gasteiger partial charge in [-0.2, -0.15) is 9.78 Å². The molecular weight excluding hydrogens is 366 g/mol. The standard InChI is InChI=1S/C20H17N9/c1-27(17-5-4-14(9-21)10-23-17)16-12-28(13-16)19-7-6-18-24-25-20(29(18)26-19)15-3-2-8-22-11-15/h2-8,10-11,16H,12-13H2,1H3. The van der Waals surface area contributed by atoms with Crippen LogP contribution in [0.2, 0.25) is 0 Å². The molecule has 0 saturated carbocycles. The van der Waals surface area contributed by atoms with Crippen molar-refractivity contribution in [2.45, 2.75) is 6.04 Å². The van der Waals surface area contributed by atoms with Crippen LogP contribution in [0.25, 0.3) is 17.0 Å². The molecule has 4 aromatic rings. The van der Waals surface area contributed by atoms with E-state index in [4.69, 9.17) is 10.4 Å². The molecule has 9 nitrogen and oxygen atoms in total. The first kappa shape index (κ1) is 17.1. The van der Waals surface area contributed by atoms with Gasteiger partial charge in [0.2, 0.25) is 0 Å². The van der Waals surface area contributed by atoms with Gasteiger partial charge in [-0.25, -0.2) is 4.98 Å². The van der Waals surface area contributed by atoms with Crippen LogP contribution in [0.1, 0.15) is 5.56 Å². The van der Waals surface area contributed by atoms with Gasteiger partial charge in [0.05, 0.1) is 11.6 Å². The molecule has 1 aliphatic heterocycles. The molecule has 1 saturated heterocycles. The van der Waals surface area contributed by atoms with Gasteiger partial charge in [0.25, 0.3) is 0 Å². The van der Waals surface area contributed by atoms with Gasteiger partial charge in [0.1, 0.15) is 17.7 Å². The van der Waals surface area contributed by atoms with Crippen LogP contribution in [0.4, 0.5) is 11.6 Å². The minimum Gasteiger partial charge on any atom is -0.353 e. The Kier molecular flexibility index (Phi) is 4.02. The van der Waals surface area contributed by atoms with Gasteiger partial charge in [-0.1, -0.05) is 0 Å². The summed E-state index contributed by atoms with van der Waals surface area (Å²) in [6, 6.07) is 13.8. The number of nitrogens with zero attached hydrogens (tertiary/aromatic N) is 9. The van der Waals surface area contributed by atoms with E-state index in [1.807, 2.05) is 37.4 Å². The van der Waals surface area contributed by atoms with E-state index in [0.29, 0.717) is 23.1 Å². The SMILES string of the molecule is CN(c1ccc(C#N)cn1)C1CN(c2ccc3nnc(-c4cccnc4)n3n2)C1. The van der Waals surface area contributed by atoms with Gasteiger partial charge in [-0.05, 0) is 36.4 Å². The molecule has 0 unspecified atom stereocenters. The summed E-state index contributed by atoms with van der Waals surface area (Å²) >= 11 is 0. The lowest BCUT2D eigenvalue weighted by Crippen LogP contribution is -2.59. The Labute approximate surface area is 166 Å². The van der Waals surface area contributed by atoms with Gasteiger partial charge in [0.15, 0.2) is 11.5 Å². The third-order valence-electron chi connectivity index (χ3n) is 5.14. The molecule has 0 spiro atoms. The molecule has 0 atom stereocenters. The molecule has 1 fully saturated rings. The van der Waals surface area contributed by atoms with Crippen LogP contribution < -0.4 is 9.80 Å². The van der Waals surface area contributed by atoms with E-state index in [2.05, 4.69) is 36.0 Å². The highest BCUT2D eigenvalue weighted by Gasteiger charge is 2.32. The van der Waals surface area contributed by atoms with Crippen molar-refractivity contribution < 1.29 is 0 Å². The predicted molar refractivity (Wildman–Crippen MR) is 107 cm³/mol. The molecular formula is C20H17N9. The van der Waals surface area contributed by atoms with Crippen LogP contribution in [0.3, 0.4) is 0 Å². The molecule has 9 heteroatoms. The van der Waals surface area contributed by atoms with Crippen LogP contribution >= 0.6 is 0 Å². The molecule has 0 N–H and O–H groups in total. The molecule has 4 aromatic heterocycles. The summed E-state index contributed by atoms with van der Waals surface area (Å²) in [5.74, 6) is 2.40. The van der Waals surface area contributed by atoms with Crippen LogP contribution in [-0.4, -0.2) is 56.0 Å². The Morgan fingerprint density at radius 2 is 2.00 bits per heavy atom. The smallest absolute Gasteiger partial charge is 0.187 e. The van der Waals surface area contributed by atoms with Crippen molar-refractivity contribution >= 4 is 17.3 Å². The fourth-order valence-corrected chi connectivity index (χ4v) is 3.36.